The SMILES string of the molecule is C=NCC1CCCCN1. The first kappa shape index (κ1) is 6.75. The second-order valence-electron chi connectivity index (χ2n) is 2.55. The molecule has 0 spiro atoms. The Kier molecular flexibility index (Phi) is 2.71. The minimum Gasteiger partial charge on any atom is -0.312 e. The van der Waals surface area contributed by atoms with Crippen LogP contribution in [0.3, 0.4) is 0 Å². The highest BCUT2D eigenvalue weighted by atomic mass is 14.9. The molecule has 1 rings (SSSR count). The fraction of sp³-hybridized carbons (Fsp3) is 0.857. The molecule has 0 aromatic carbocycles. The van der Waals surface area contributed by atoms with E-state index in [1.807, 2.05) is 0 Å². The van der Waals surface area contributed by atoms with Crippen LogP contribution in [0.5, 0.6) is 0 Å². The average molecular weight is 126 g/mol. The van der Waals surface area contributed by atoms with Gasteiger partial charge in [0.05, 0.1) is 6.54 Å². The number of hydrogen-bond donors (Lipinski definition) is 1. The third-order valence-corrected chi connectivity index (χ3v) is 1.76. The van der Waals surface area contributed by atoms with Crippen LogP contribution in [0, 0.1) is 0 Å². The van der Waals surface area contributed by atoms with E-state index in [-0.39, 0.29) is 0 Å². The van der Waals surface area contributed by atoms with Gasteiger partial charge in [-0.15, -0.1) is 0 Å². The fourth-order valence-corrected chi connectivity index (χ4v) is 1.24. The van der Waals surface area contributed by atoms with Crippen LogP contribution in [-0.2, 0) is 0 Å². The largest absolute Gasteiger partial charge is 0.312 e. The molecule has 9 heavy (non-hydrogen) atoms. The van der Waals surface area contributed by atoms with Crippen molar-refractivity contribution in [2.45, 2.75) is 25.3 Å². The number of aliphatic imine (C=N–C) groups is 1. The highest BCUT2D eigenvalue weighted by Gasteiger charge is 2.09. The van der Waals surface area contributed by atoms with Crippen molar-refractivity contribution in [1.29, 1.82) is 0 Å². The van der Waals surface area contributed by atoms with Crippen molar-refractivity contribution >= 4 is 6.72 Å². The van der Waals surface area contributed by atoms with E-state index in [4.69, 9.17) is 0 Å². The smallest absolute Gasteiger partial charge is 0.0535 e. The van der Waals surface area contributed by atoms with Crippen LogP contribution in [0.1, 0.15) is 19.3 Å². The van der Waals surface area contributed by atoms with Crippen molar-refractivity contribution in [3.8, 4) is 0 Å². The molecule has 0 aliphatic carbocycles. The summed E-state index contributed by atoms with van der Waals surface area (Å²) < 4.78 is 0. The Morgan fingerprint density at radius 1 is 1.56 bits per heavy atom. The monoisotopic (exact) mass is 126 g/mol. The van der Waals surface area contributed by atoms with E-state index in [9.17, 15) is 0 Å². The van der Waals surface area contributed by atoms with E-state index in [0.29, 0.717) is 6.04 Å². The van der Waals surface area contributed by atoms with Gasteiger partial charge in [0.1, 0.15) is 0 Å². The van der Waals surface area contributed by atoms with Crippen LogP contribution in [-0.4, -0.2) is 25.8 Å². The quantitative estimate of drug-likeness (QED) is 0.544. The standard InChI is InChI=1S/C7H14N2/c1-8-6-7-4-2-3-5-9-7/h7,9H,1-6H2. The zero-order valence-corrected chi connectivity index (χ0v) is 5.77. The van der Waals surface area contributed by atoms with Gasteiger partial charge in [-0.25, -0.2) is 0 Å². The molecular formula is C7H14N2. The first-order chi connectivity index (χ1) is 4.43. The lowest BCUT2D eigenvalue weighted by molar-refractivity contribution is 0.408. The van der Waals surface area contributed by atoms with Crippen LogP contribution in [0.25, 0.3) is 0 Å². The van der Waals surface area contributed by atoms with Crippen molar-refractivity contribution in [3.05, 3.63) is 0 Å². The molecule has 1 heterocycles. The van der Waals surface area contributed by atoms with Gasteiger partial charge in [0.15, 0.2) is 0 Å². The Hall–Kier alpha value is -0.370. The number of hydrogen-bond acceptors (Lipinski definition) is 2. The molecule has 1 unspecified atom stereocenters. The van der Waals surface area contributed by atoms with Crippen LogP contribution >= 0.6 is 0 Å². The van der Waals surface area contributed by atoms with Crippen molar-refractivity contribution in [1.82, 2.24) is 5.32 Å². The Labute approximate surface area is 56.4 Å². The molecule has 1 saturated heterocycles. The Morgan fingerprint density at radius 3 is 3.00 bits per heavy atom. The lowest BCUT2D eigenvalue weighted by Gasteiger charge is -2.21. The second kappa shape index (κ2) is 3.62. The van der Waals surface area contributed by atoms with Crippen LogP contribution < -0.4 is 5.32 Å². The molecule has 0 bridgehead atoms. The molecule has 52 valence electrons. The molecule has 1 aliphatic rings. The van der Waals surface area contributed by atoms with E-state index < -0.39 is 0 Å². The lowest BCUT2D eigenvalue weighted by Crippen LogP contribution is -2.36. The van der Waals surface area contributed by atoms with E-state index in [0.717, 1.165) is 6.54 Å². The molecule has 1 aliphatic heterocycles. The molecule has 1 fully saturated rings. The normalized spacial score (nSPS) is 27.8. The molecule has 2 nitrogen and oxygen atoms in total. The summed E-state index contributed by atoms with van der Waals surface area (Å²) in [5, 5.41) is 3.39. The predicted molar refractivity (Wildman–Crippen MR) is 40.1 cm³/mol. The molecule has 1 atom stereocenters. The van der Waals surface area contributed by atoms with E-state index in [1.165, 1.54) is 25.8 Å². The zero-order valence-electron chi connectivity index (χ0n) is 5.77. The summed E-state index contributed by atoms with van der Waals surface area (Å²) in [5.74, 6) is 0. The minimum atomic E-state index is 0.622. The molecule has 0 amide bonds. The van der Waals surface area contributed by atoms with Gasteiger partial charge in [0.2, 0.25) is 0 Å². The van der Waals surface area contributed by atoms with Crippen molar-refractivity contribution in [2.75, 3.05) is 13.1 Å². The highest BCUT2D eigenvalue weighted by Crippen LogP contribution is 2.06. The summed E-state index contributed by atoms with van der Waals surface area (Å²) >= 11 is 0. The van der Waals surface area contributed by atoms with Crippen molar-refractivity contribution in [2.24, 2.45) is 4.99 Å². The molecule has 0 saturated carbocycles. The summed E-state index contributed by atoms with van der Waals surface area (Å²) in [7, 11) is 0. The van der Waals surface area contributed by atoms with Gasteiger partial charge in [0, 0.05) is 6.04 Å². The maximum absolute atomic E-state index is 3.85. The van der Waals surface area contributed by atoms with Crippen LogP contribution in [0.4, 0.5) is 0 Å². The summed E-state index contributed by atoms with van der Waals surface area (Å²) in [6, 6.07) is 0.622. The third-order valence-electron chi connectivity index (χ3n) is 1.76. The minimum absolute atomic E-state index is 0.622. The van der Waals surface area contributed by atoms with Gasteiger partial charge in [-0.05, 0) is 26.1 Å². The average Bonchev–Trinajstić information content (AvgIpc) is 1.91. The maximum atomic E-state index is 3.85. The maximum Gasteiger partial charge on any atom is 0.0535 e. The Balaban J connectivity index is 2.15. The predicted octanol–water partition coefficient (Wildman–Crippen LogP) is 0.829. The highest BCUT2D eigenvalue weighted by molar-refractivity contribution is 5.23. The molecular weight excluding hydrogens is 112 g/mol. The van der Waals surface area contributed by atoms with Crippen LogP contribution in [0.15, 0.2) is 4.99 Å². The molecule has 0 radical (unpaired) electrons. The summed E-state index contributed by atoms with van der Waals surface area (Å²) in [6.45, 7) is 5.52. The van der Waals surface area contributed by atoms with E-state index in [1.54, 1.807) is 0 Å². The van der Waals surface area contributed by atoms with Gasteiger partial charge in [-0.3, -0.25) is 4.99 Å². The number of nitrogens with one attached hydrogen (secondary N) is 1. The first-order valence-corrected chi connectivity index (χ1v) is 3.59. The van der Waals surface area contributed by atoms with Crippen molar-refractivity contribution < 1.29 is 0 Å². The van der Waals surface area contributed by atoms with Gasteiger partial charge < -0.3 is 5.32 Å². The molecule has 2 heteroatoms. The van der Waals surface area contributed by atoms with Crippen molar-refractivity contribution in [3.63, 3.8) is 0 Å². The molecule has 0 aromatic rings. The lowest BCUT2D eigenvalue weighted by atomic mass is 10.1. The first-order valence-electron chi connectivity index (χ1n) is 3.59. The Morgan fingerprint density at radius 2 is 2.44 bits per heavy atom. The van der Waals surface area contributed by atoms with E-state index in [2.05, 4.69) is 17.0 Å². The number of rotatable bonds is 2. The Bertz CT molecular complexity index is 84.9. The van der Waals surface area contributed by atoms with Gasteiger partial charge >= 0.3 is 0 Å². The number of piperidine rings is 1. The summed E-state index contributed by atoms with van der Waals surface area (Å²) in [5.41, 5.74) is 0. The zero-order chi connectivity index (χ0) is 6.53. The summed E-state index contributed by atoms with van der Waals surface area (Å²) in [6.07, 6.45) is 3.96. The van der Waals surface area contributed by atoms with Gasteiger partial charge in [-0.1, -0.05) is 6.42 Å². The van der Waals surface area contributed by atoms with Gasteiger partial charge in [0.25, 0.3) is 0 Å². The molecule has 1 N–H and O–H groups in total. The molecule has 0 aromatic heterocycles. The van der Waals surface area contributed by atoms with Gasteiger partial charge in [-0.2, -0.15) is 0 Å². The summed E-state index contributed by atoms with van der Waals surface area (Å²) in [4.78, 5) is 3.85. The third kappa shape index (κ3) is 2.14. The number of nitrogens with zero attached hydrogens (tertiary/aromatic N) is 1. The van der Waals surface area contributed by atoms with Crippen LogP contribution in [0.2, 0.25) is 0 Å². The topological polar surface area (TPSA) is 24.4 Å². The second-order valence-corrected chi connectivity index (χ2v) is 2.55. The fourth-order valence-electron chi connectivity index (χ4n) is 1.24. The van der Waals surface area contributed by atoms with E-state index >= 15 is 0 Å².